The summed E-state index contributed by atoms with van der Waals surface area (Å²) in [7, 11) is 0. The highest BCUT2D eigenvalue weighted by Gasteiger charge is 2.12. The second-order valence-corrected chi connectivity index (χ2v) is 4.63. The SMILES string of the molecule is CCOC(=O)c1ccc(CC#N)cc1CCCBr. The number of nitriles is 1. The molecule has 18 heavy (non-hydrogen) atoms. The summed E-state index contributed by atoms with van der Waals surface area (Å²) in [6, 6.07) is 7.62. The fraction of sp³-hybridized carbons (Fsp3) is 0.429. The Kier molecular flexibility index (Phi) is 6.45. The highest BCUT2D eigenvalue weighted by molar-refractivity contribution is 9.09. The van der Waals surface area contributed by atoms with E-state index in [0.717, 1.165) is 29.3 Å². The van der Waals surface area contributed by atoms with Gasteiger partial charge in [0.2, 0.25) is 0 Å². The van der Waals surface area contributed by atoms with Gasteiger partial charge >= 0.3 is 5.97 Å². The maximum atomic E-state index is 11.8. The maximum absolute atomic E-state index is 11.8. The molecule has 0 radical (unpaired) electrons. The number of hydrogen-bond acceptors (Lipinski definition) is 3. The van der Waals surface area contributed by atoms with Crippen molar-refractivity contribution in [2.24, 2.45) is 0 Å². The van der Waals surface area contributed by atoms with Gasteiger partial charge in [-0.3, -0.25) is 0 Å². The third-order valence-electron chi connectivity index (χ3n) is 2.53. The van der Waals surface area contributed by atoms with Gasteiger partial charge in [0.05, 0.1) is 24.7 Å². The average Bonchev–Trinajstić information content (AvgIpc) is 2.37. The molecule has 0 aliphatic rings. The molecule has 4 heteroatoms. The van der Waals surface area contributed by atoms with Gasteiger partial charge in [0, 0.05) is 5.33 Å². The summed E-state index contributed by atoms with van der Waals surface area (Å²) in [6.07, 6.45) is 2.12. The minimum absolute atomic E-state index is 0.286. The Hall–Kier alpha value is -1.34. The third kappa shape index (κ3) is 4.15. The van der Waals surface area contributed by atoms with Gasteiger partial charge in [0.15, 0.2) is 0 Å². The summed E-state index contributed by atoms with van der Waals surface area (Å²) in [5.74, 6) is -0.286. The first-order valence-corrected chi connectivity index (χ1v) is 7.07. The molecule has 3 nitrogen and oxygen atoms in total. The van der Waals surface area contributed by atoms with Crippen LogP contribution in [0, 0.1) is 11.3 Å². The van der Waals surface area contributed by atoms with Gasteiger partial charge in [-0.2, -0.15) is 5.26 Å². The number of carbonyl (C=O) groups is 1. The summed E-state index contributed by atoms with van der Waals surface area (Å²) >= 11 is 3.38. The number of carbonyl (C=O) groups excluding carboxylic acids is 1. The summed E-state index contributed by atoms with van der Waals surface area (Å²) in [5, 5.41) is 9.59. The molecule has 0 amide bonds. The maximum Gasteiger partial charge on any atom is 0.338 e. The number of halogens is 1. The van der Waals surface area contributed by atoms with Crippen LogP contribution in [0.3, 0.4) is 0 Å². The molecule has 1 aromatic rings. The molecule has 0 saturated heterocycles. The zero-order valence-corrected chi connectivity index (χ0v) is 12.0. The monoisotopic (exact) mass is 309 g/mol. The first-order valence-electron chi connectivity index (χ1n) is 5.94. The second-order valence-electron chi connectivity index (χ2n) is 3.84. The molecular formula is C14H16BrNO2. The molecule has 1 aromatic carbocycles. The van der Waals surface area contributed by atoms with E-state index in [0.29, 0.717) is 18.6 Å². The minimum atomic E-state index is -0.286. The number of alkyl halides is 1. The van der Waals surface area contributed by atoms with E-state index < -0.39 is 0 Å². The number of benzene rings is 1. The van der Waals surface area contributed by atoms with E-state index >= 15 is 0 Å². The molecule has 0 spiro atoms. The highest BCUT2D eigenvalue weighted by Crippen LogP contribution is 2.16. The third-order valence-corrected chi connectivity index (χ3v) is 3.09. The van der Waals surface area contributed by atoms with Gasteiger partial charge in [-0.25, -0.2) is 4.79 Å². The minimum Gasteiger partial charge on any atom is -0.462 e. The van der Waals surface area contributed by atoms with Crippen molar-refractivity contribution in [3.63, 3.8) is 0 Å². The fourth-order valence-corrected chi connectivity index (χ4v) is 2.00. The van der Waals surface area contributed by atoms with Crippen molar-refractivity contribution in [3.05, 3.63) is 34.9 Å². The average molecular weight is 310 g/mol. The Labute approximate surface area is 116 Å². The molecule has 0 aliphatic carbocycles. The number of nitrogens with zero attached hydrogens (tertiary/aromatic N) is 1. The quantitative estimate of drug-likeness (QED) is 0.598. The van der Waals surface area contributed by atoms with Crippen LogP contribution in [-0.2, 0) is 17.6 Å². The molecule has 0 heterocycles. The Bertz CT molecular complexity index is 452. The Morgan fingerprint density at radius 3 is 2.89 bits per heavy atom. The van der Waals surface area contributed by atoms with Gasteiger partial charge in [0.25, 0.3) is 0 Å². The molecule has 0 saturated carbocycles. The Balaban J connectivity index is 3.00. The van der Waals surface area contributed by atoms with Crippen molar-refractivity contribution in [1.29, 1.82) is 5.26 Å². The molecule has 0 bridgehead atoms. The van der Waals surface area contributed by atoms with Crippen LogP contribution in [0.2, 0.25) is 0 Å². The first kappa shape index (κ1) is 14.7. The van der Waals surface area contributed by atoms with Crippen LogP contribution in [-0.4, -0.2) is 17.9 Å². The van der Waals surface area contributed by atoms with Gasteiger partial charge in [-0.05, 0) is 37.0 Å². The molecule has 1 rings (SSSR count). The fourth-order valence-electron chi connectivity index (χ4n) is 1.72. The Morgan fingerprint density at radius 1 is 1.50 bits per heavy atom. The molecule has 0 unspecified atom stereocenters. The number of esters is 1. The summed E-state index contributed by atoms with van der Waals surface area (Å²) in [5.41, 5.74) is 2.51. The lowest BCUT2D eigenvalue weighted by Gasteiger charge is -2.09. The van der Waals surface area contributed by atoms with Crippen LogP contribution >= 0.6 is 15.9 Å². The second kappa shape index (κ2) is 7.88. The standard InChI is InChI=1S/C14H16BrNO2/c1-2-18-14(17)13-6-5-11(7-9-16)10-12(13)4-3-8-15/h5-6,10H,2-4,7-8H2,1H3. The van der Waals surface area contributed by atoms with Crippen LogP contribution < -0.4 is 0 Å². The molecule has 96 valence electrons. The lowest BCUT2D eigenvalue weighted by molar-refractivity contribution is 0.0525. The van der Waals surface area contributed by atoms with Crippen molar-refractivity contribution < 1.29 is 9.53 Å². The van der Waals surface area contributed by atoms with E-state index in [-0.39, 0.29) is 5.97 Å². The zero-order chi connectivity index (χ0) is 13.4. The van der Waals surface area contributed by atoms with Crippen molar-refractivity contribution in [2.45, 2.75) is 26.2 Å². The van der Waals surface area contributed by atoms with Crippen LogP contribution in [0.1, 0.15) is 34.8 Å². The van der Waals surface area contributed by atoms with E-state index in [4.69, 9.17) is 10.00 Å². The van der Waals surface area contributed by atoms with Crippen molar-refractivity contribution >= 4 is 21.9 Å². The van der Waals surface area contributed by atoms with E-state index in [1.165, 1.54) is 0 Å². The van der Waals surface area contributed by atoms with E-state index in [9.17, 15) is 4.79 Å². The molecular weight excluding hydrogens is 294 g/mol. The topological polar surface area (TPSA) is 50.1 Å². The number of ether oxygens (including phenoxy) is 1. The number of hydrogen-bond donors (Lipinski definition) is 0. The molecule has 0 atom stereocenters. The molecule has 0 fully saturated rings. The van der Waals surface area contributed by atoms with Gasteiger partial charge in [-0.15, -0.1) is 0 Å². The van der Waals surface area contributed by atoms with Crippen molar-refractivity contribution in [1.82, 2.24) is 0 Å². The lowest BCUT2D eigenvalue weighted by Crippen LogP contribution is -2.09. The van der Waals surface area contributed by atoms with Crippen LogP contribution in [0.5, 0.6) is 0 Å². The Morgan fingerprint density at radius 2 is 2.28 bits per heavy atom. The van der Waals surface area contributed by atoms with Crippen LogP contribution in [0.25, 0.3) is 0 Å². The molecule has 0 N–H and O–H groups in total. The van der Waals surface area contributed by atoms with Gasteiger partial charge in [0.1, 0.15) is 0 Å². The van der Waals surface area contributed by atoms with Crippen LogP contribution in [0.15, 0.2) is 18.2 Å². The van der Waals surface area contributed by atoms with Crippen molar-refractivity contribution in [3.8, 4) is 6.07 Å². The molecule has 0 aliphatic heterocycles. The van der Waals surface area contributed by atoms with Gasteiger partial charge < -0.3 is 4.74 Å². The van der Waals surface area contributed by atoms with Crippen molar-refractivity contribution in [2.75, 3.05) is 11.9 Å². The van der Waals surface area contributed by atoms with Crippen LogP contribution in [0.4, 0.5) is 0 Å². The summed E-state index contributed by atoms with van der Waals surface area (Å²) in [6.45, 7) is 2.16. The number of rotatable bonds is 6. The smallest absolute Gasteiger partial charge is 0.338 e. The molecule has 0 aromatic heterocycles. The summed E-state index contributed by atoms with van der Waals surface area (Å²) < 4.78 is 5.03. The van der Waals surface area contributed by atoms with E-state index in [2.05, 4.69) is 22.0 Å². The van der Waals surface area contributed by atoms with E-state index in [1.807, 2.05) is 12.1 Å². The predicted molar refractivity (Wildman–Crippen MR) is 73.8 cm³/mol. The highest BCUT2D eigenvalue weighted by atomic mass is 79.9. The largest absolute Gasteiger partial charge is 0.462 e. The summed E-state index contributed by atoms with van der Waals surface area (Å²) in [4.78, 5) is 11.8. The normalized spacial score (nSPS) is 9.83. The van der Waals surface area contributed by atoms with Gasteiger partial charge in [-0.1, -0.05) is 28.1 Å². The number of aryl methyl sites for hydroxylation is 1. The lowest BCUT2D eigenvalue weighted by atomic mass is 9.99. The first-order chi connectivity index (χ1) is 8.72. The van der Waals surface area contributed by atoms with E-state index in [1.54, 1.807) is 13.0 Å². The zero-order valence-electron chi connectivity index (χ0n) is 10.4. The predicted octanol–water partition coefficient (Wildman–Crippen LogP) is 3.26.